The molecule has 0 heteroatoms. The van der Waals surface area contributed by atoms with Crippen LogP contribution in [0.25, 0.3) is 54.9 Å². The van der Waals surface area contributed by atoms with Gasteiger partial charge in [-0.05, 0) is 147 Å². The van der Waals surface area contributed by atoms with Gasteiger partial charge in [0.15, 0.2) is 0 Å². The lowest BCUT2D eigenvalue weighted by Crippen LogP contribution is -2.26. The van der Waals surface area contributed by atoms with Crippen LogP contribution in [0.15, 0.2) is 91.0 Å². The summed E-state index contributed by atoms with van der Waals surface area (Å²) in [5.74, 6) is 0. The van der Waals surface area contributed by atoms with Crippen molar-refractivity contribution in [2.75, 3.05) is 0 Å². The molecule has 0 aliphatic heterocycles. The van der Waals surface area contributed by atoms with Crippen molar-refractivity contribution in [1.29, 1.82) is 0 Å². The minimum absolute atomic E-state index is 0.0109. The first-order valence-corrected chi connectivity index (χ1v) is 29.2. The number of unbranched alkanes of at least 4 members (excludes halogenated alkanes) is 20. The van der Waals surface area contributed by atoms with Crippen molar-refractivity contribution >= 4 is 21.5 Å². The van der Waals surface area contributed by atoms with Crippen LogP contribution in [-0.4, -0.2) is 0 Å². The lowest BCUT2D eigenvalue weighted by atomic mass is 9.69. The van der Waals surface area contributed by atoms with E-state index in [9.17, 15) is 0 Å². The van der Waals surface area contributed by atoms with Crippen molar-refractivity contribution in [3.05, 3.63) is 130 Å². The van der Waals surface area contributed by atoms with Crippen LogP contribution in [0.5, 0.6) is 0 Å². The SMILES string of the molecule is CCCCCCCCC1(CCCCCCCC)c2cc(-c3cc4c(c5ccccc35)-c3ccc(C)cc3C4(CCCCCCCC)CCCCCCCC)c(C)cc2-c2c1cc(C)c1ccccc21. The van der Waals surface area contributed by atoms with E-state index in [0.29, 0.717) is 0 Å². The molecule has 8 rings (SSSR count). The smallest absolute Gasteiger partial charge is 0.0215 e. The molecule has 0 spiro atoms. The van der Waals surface area contributed by atoms with Gasteiger partial charge in [0, 0.05) is 10.8 Å². The number of fused-ring (bicyclic) bond motifs is 10. The van der Waals surface area contributed by atoms with Crippen LogP contribution < -0.4 is 0 Å². The highest BCUT2D eigenvalue weighted by Gasteiger charge is 2.46. The van der Waals surface area contributed by atoms with E-state index < -0.39 is 0 Å². The van der Waals surface area contributed by atoms with Crippen LogP contribution in [0.3, 0.4) is 0 Å². The molecule has 2 aliphatic carbocycles. The van der Waals surface area contributed by atoms with E-state index >= 15 is 0 Å². The van der Waals surface area contributed by atoms with Gasteiger partial charge in [-0.1, -0.05) is 266 Å². The fraction of sp³-hybridized carbons (Fsp3) is 0.536. The molecule has 0 N–H and O–H groups in total. The van der Waals surface area contributed by atoms with Crippen molar-refractivity contribution in [3.8, 4) is 33.4 Å². The summed E-state index contributed by atoms with van der Waals surface area (Å²) in [5, 5.41) is 5.76. The molecule has 0 atom stereocenters. The van der Waals surface area contributed by atoms with Crippen LogP contribution >= 0.6 is 0 Å². The Morgan fingerprint density at radius 2 is 0.681 bits per heavy atom. The summed E-state index contributed by atoms with van der Waals surface area (Å²) in [6.07, 6.45) is 37.2. The predicted molar refractivity (Wildman–Crippen MR) is 306 cm³/mol. The number of aryl methyl sites for hydroxylation is 3. The van der Waals surface area contributed by atoms with E-state index in [1.54, 1.807) is 27.8 Å². The molecule has 0 fully saturated rings. The average molecular weight is 921 g/mol. The Hall–Kier alpha value is -4.16. The molecule has 2 aliphatic rings. The monoisotopic (exact) mass is 921 g/mol. The zero-order chi connectivity index (χ0) is 48.2. The average Bonchev–Trinajstić information content (AvgIpc) is 3.77. The first-order valence-electron chi connectivity index (χ1n) is 29.2. The van der Waals surface area contributed by atoms with Gasteiger partial charge in [0.25, 0.3) is 0 Å². The lowest BCUT2D eigenvalue weighted by Gasteiger charge is -2.34. The standard InChI is InChI=1S/C69H92/c1-8-12-16-20-24-32-42-68(43-33-25-21-17-13-9-2)62-46-51(5)40-41-58(62)66-57-39-31-29-37-55(57)60(50-65(66)68)59-49-63-61(47-52(59)6)67-56-38-30-28-36-54(56)53(7)48-64(67)69(63,44-34-26-22-18-14-10-3)45-35-27-23-19-15-11-4/h28-31,36-41,46-50H,8-27,32-35,42-45H2,1-7H3. The van der Waals surface area contributed by atoms with Crippen LogP contribution in [0.4, 0.5) is 0 Å². The van der Waals surface area contributed by atoms with E-state index in [1.165, 1.54) is 246 Å². The van der Waals surface area contributed by atoms with Crippen molar-refractivity contribution in [2.24, 2.45) is 0 Å². The molecule has 0 amide bonds. The Labute approximate surface area is 421 Å². The number of hydrogen-bond acceptors (Lipinski definition) is 0. The third-order valence-corrected chi connectivity index (χ3v) is 17.6. The van der Waals surface area contributed by atoms with E-state index in [-0.39, 0.29) is 10.8 Å². The molecule has 0 bridgehead atoms. The maximum Gasteiger partial charge on any atom is 0.0215 e. The number of benzene rings is 6. The van der Waals surface area contributed by atoms with Gasteiger partial charge < -0.3 is 0 Å². The maximum atomic E-state index is 2.80. The summed E-state index contributed by atoms with van der Waals surface area (Å²) < 4.78 is 0. The second-order valence-corrected chi connectivity index (χ2v) is 22.6. The first-order chi connectivity index (χ1) is 33.8. The Bertz CT molecular complexity index is 2580. The van der Waals surface area contributed by atoms with Gasteiger partial charge in [-0.15, -0.1) is 0 Å². The van der Waals surface area contributed by atoms with E-state index in [1.807, 2.05) is 0 Å². The molecular weight excluding hydrogens is 829 g/mol. The minimum Gasteiger partial charge on any atom is -0.0654 e. The van der Waals surface area contributed by atoms with Gasteiger partial charge in [-0.3, -0.25) is 0 Å². The molecule has 0 nitrogen and oxygen atoms in total. The van der Waals surface area contributed by atoms with Gasteiger partial charge in [-0.2, -0.15) is 0 Å². The number of rotatable bonds is 29. The Morgan fingerprint density at radius 1 is 0.290 bits per heavy atom. The van der Waals surface area contributed by atoms with E-state index in [4.69, 9.17) is 0 Å². The van der Waals surface area contributed by atoms with Gasteiger partial charge in [-0.25, -0.2) is 0 Å². The molecule has 6 aromatic rings. The summed E-state index contributed by atoms with van der Waals surface area (Å²) in [6.45, 7) is 16.6. The number of hydrogen-bond donors (Lipinski definition) is 0. The molecule has 69 heavy (non-hydrogen) atoms. The molecule has 0 radical (unpaired) electrons. The summed E-state index contributed by atoms with van der Waals surface area (Å²) in [6, 6.07) is 37.5. The fourth-order valence-corrected chi connectivity index (χ4v) is 13.8. The molecule has 0 saturated heterocycles. The van der Waals surface area contributed by atoms with Crippen molar-refractivity contribution in [1.82, 2.24) is 0 Å². The summed E-state index contributed by atoms with van der Waals surface area (Å²) in [4.78, 5) is 0. The summed E-state index contributed by atoms with van der Waals surface area (Å²) in [5.41, 5.74) is 19.9. The van der Waals surface area contributed by atoms with Crippen LogP contribution in [0.1, 0.15) is 246 Å². The van der Waals surface area contributed by atoms with Gasteiger partial charge in [0.05, 0.1) is 0 Å². The van der Waals surface area contributed by atoms with E-state index in [2.05, 4.69) is 139 Å². The molecule has 0 unspecified atom stereocenters. The molecule has 0 heterocycles. The highest BCUT2D eigenvalue weighted by molar-refractivity contribution is 6.10. The van der Waals surface area contributed by atoms with Crippen LogP contribution in [0, 0.1) is 20.8 Å². The first kappa shape index (κ1) is 51.2. The van der Waals surface area contributed by atoms with Gasteiger partial charge in [0.2, 0.25) is 0 Å². The fourth-order valence-electron chi connectivity index (χ4n) is 13.8. The van der Waals surface area contributed by atoms with Crippen LogP contribution in [0.2, 0.25) is 0 Å². The minimum atomic E-state index is 0.0109. The van der Waals surface area contributed by atoms with Crippen molar-refractivity contribution < 1.29 is 0 Å². The zero-order valence-electron chi connectivity index (χ0n) is 45.0. The summed E-state index contributed by atoms with van der Waals surface area (Å²) >= 11 is 0. The quantitative estimate of drug-likeness (QED) is 0.0411. The predicted octanol–water partition coefficient (Wildman–Crippen LogP) is 22.1. The largest absolute Gasteiger partial charge is 0.0654 e. The topological polar surface area (TPSA) is 0 Å². The highest BCUT2D eigenvalue weighted by Crippen LogP contribution is 2.60. The van der Waals surface area contributed by atoms with Crippen molar-refractivity contribution in [3.63, 3.8) is 0 Å². The molecule has 0 saturated carbocycles. The maximum absolute atomic E-state index is 2.80. The zero-order valence-corrected chi connectivity index (χ0v) is 45.0. The van der Waals surface area contributed by atoms with E-state index in [0.717, 1.165) is 0 Å². The second-order valence-electron chi connectivity index (χ2n) is 22.6. The van der Waals surface area contributed by atoms with Crippen LogP contribution in [-0.2, 0) is 10.8 Å². The summed E-state index contributed by atoms with van der Waals surface area (Å²) in [7, 11) is 0. The highest BCUT2D eigenvalue weighted by atomic mass is 14.5. The lowest BCUT2D eigenvalue weighted by molar-refractivity contribution is 0.397. The molecule has 6 aromatic carbocycles. The van der Waals surface area contributed by atoms with Gasteiger partial charge in [0.1, 0.15) is 0 Å². The molecule has 368 valence electrons. The molecular formula is C69H92. The normalized spacial score (nSPS) is 14.1. The third-order valence-electron chi connectivity index (χ3n) is 17.6. The Kier molecular flexibility index (Phi) is 18.0. The van der Waals surface area contributed by atoms with Crippen molar-refractivity contribution in [2.45, 2.75) is 239 Å². The second kappa shape index (κ2) is 24.3. The Balaban J connectivity index is 1.32. The molecule has 0 aromatic heterocycles. The Morgan fingerprint density at radius 3 is 1.19 bits per heavy atom. The van der Waals surface area contributed by atoms with Gasteiger partial charge >= 0.3 is 0 Å². The third kappa shape index (κ3) is 10.7.